The van der Waals surface area contributed by atoms with Crippen LogP contribution in [0.1, 0.15) is 95.2 Å². The normalized spacial score (nSPS) is 14.2. The highest BCUT2D eigenvalue weighted by molar-refractivity contribution is 5.74. The van der Waals surface area contributed by atoms with Gasteiger partial charge in [0.05, 0.1) is 11.4 Å². The Morgan fingerprint density at radius 2 is 1.17 bits per heavy atom. The number of isocyanates is 2. The maximum atomic E-state index is 11.0. The van der Waals surface area contributed by atoms with Crippen molar-refractivity contribution >= 4 is 23.5 Å². The zero-order valence-corrected chi connectivity index (χ0v) is 15.6. The fourth-order valence-electron chi connectivity index (χ4n) is 2.93. The highest BCUT2D eigenvalue weighted by Crippen LogP contribution is 2.46. The summed E-state index contributed by atoms with van der Waals surface area (Å²) in [6.45, 7) is 12.6. The number of benzene rings is 1. The molecule has 1 rings (SSSR count). The predicted molar refractivity (Wildman–Crippen MR) is 98.1 cm³/mol. The number of hydrogen-bond acceptors (Lipinski definition) is 4. The molecule has 3 unspecified atom stereocenters. The SMILES string of the molecule is CCC(C)c1cc(C(C)CC)c(N=C=O)c(C(C)CC)c1N=C=O. The highest BCUT2D eigenvalue weighted by atomic mass is 16.1. The van der Waals surface area contributed by atoms with Gasteiger partial charge in [0.1, 0.15) is 0 Å². The Labute approximate surface area is 145 Å². The van der Waals surface area contributed by atoms with Crippen molar-refractivity contribution in [3.8, 4) is 0 Å². The van der Waals surface area contributed by atoms with Crippen LogP contribution < -0.4 is 0 Å². The topological polar surface area (TPSA) is 58.9 Å². The van der Waals surface area contributed by atoms with E-state index in [1.54, 1.807) is 12.2 Å². The summed E-state index contributed by atoms with van der Waals surface area (Å²) in [4.78, 5) is 30.1. The molecule has 1 aromatic carbocycles. The molecule has 4 heteroatoms. The third-order valence-electron chi connectivity index (χ3n) is 5.07. The summed E-state index contributed by atoms with van der Waals surface area (Å²) in [5.74, 6) is 0.657. The van der Waals surface area contributed by atoms with Crippen LogP contribution in [0, 0.1) is 0 Å². The molecule has 0 saturated heterocycles. The molecule has 24 heavy (non-hydrogen) atoms. The van der Waals surface area contributed by atoms with Crippen LogP contribution in [0.5, 0.6) is 0 Å². The largest absolute Gasteiger partial charge is 0.240 e. The molecule has 0 N–H and O–H groups in total. The first kappa shape index (κ1) is 20.0. The van der Waals surface area contributed by atoms with Crippen LogP contribution in [0.25, 0.3) is 0 Å². The highest BCUT2D eigenvalue weighted by Gasteiger charge is 2.25. The second kappa shape index (κ2) is 9.32. The molecule has 4 nitrogen and oxygen atoms in total. The van der Waals surface area contributed by atoms with E-state index >= 15 is 0 Å². The van der Waals surface area contributed by atoms with Gasteiger partial charge in [0, 0.05) is 5.56 Å². The lowest BCUT2D eigenvalue weighted by molar-refractivity contribution is 0.564. The fourth-order valence-corrected chi connectivity index (χ4v) is 2.93. The van der Waals surface area contributed by atoms with E-state index in [2.05, 4.69) is 57.6 Å². The Balaban J connectivity index is 4.00. The van der Waals surface area contributed by atoms with E-state index in [9.17, 15) is 9.59 Å². The first-order valence-corrected chi connectivity index (χ1v) is 8.82. The molecule has 0 spiro atoms. The first-order chi connectivity index (χ1) is 11.5. The fraction of sp³-hybridized carbons (Fsp3) is 0.600. The van der Waals surface area contributed by atoms with E-state index < -0.39 is 0 Å². The summed E-state index contributed by atoms with van der Waals surface area (Å²) in [5.41, 5.74) is 4.22. The number of hydrogen-bond donors (Lipinski definition) is 0. The van der Waals surface area contributed by atoms with Crippen molar-refractivity contribution < 1.29 is 9.59 Å². The average molecular weight is 328 g/mol. The van der Waals surface area contributed by atoms with Gasteiger partial charge in [-0.1, -0.05) is 47.6 Å². The van der Waals surface area contributed by atoms with Gasteiger partial charge in [-0.25, -0.2) is 9.59 Å². The molecule has 0 aliphatic rings. The van der Waals surface area contributed by atoms with Gasteiger partial charge >= 0.3 is 0 Å². The van der Waals surface area contributed by atoms with Crippen LogP contribution in [-0.2, 0) is 9.59 Å². The van der Waals surface area contributed by atoms with Gasteiger partial charge in [-0.2, -0.15) is 9.98 Å². The van der Waals surface area contributed by atoms with Crippen molar-refractivity contribution in [2.24, 2.45) is 9.98 Å². The lowest BCUT2D eigenvalue weighted by atomic mass is 9.82. The van der Waals surface area contributed by atoms with Crippen molar-refractivity contribution in [2.75, 3.05) is 0 Å². The lowest BCUT2D eigenvalue weighted by Gasteiger charge is -2.24. The summed E-state index contributed by atoms with van der Waals surface area (Å²) in [7, 11) is 0. The Kier molecular flexibility index (Phi) is 7.78. The van der Waals surface area contributed by atoms with Crippen molar-refractivity contribution in [2.45, 2.75) is 78.6 Å². The zero-order valence-electron chi connectivity index (χ0n) is 15.6. The average Bonchev–Trinajstić information content (AvgIpc) is 2.60. The van der Waals surface area contributed by atoms with Gasteiger partial charge < -0.3 is 0 Å². The molecule has 130 valence electrons. The van der Waals surface area contributed by atoms with Crippen LogP contribution in [0.2, 0.25) is 0 Å². The third kappa shape index (κ3) is 4.08. The van der Waals surface area contributed by atoms with Gasteiger partial charge in [-0.15, -0.1) is 0 Å². The molecular formula is C20H28N2O2. The summed E-state index contributed by atoms with van der Waals surface area (Å²) in [6, 6.07) is 2.07. The second-order valence-corrected chi connectivity index (χ2v) is 6.50. The smallest absolute Gasteiger partial charge is 0.211 e. The van der Waals surface area contributed by atoms with E-state index in [0.717, 1.165) is 36.0 Å². The van der Waals surface area contributed by atoms with E-state index in [4.69, 9.17) is 0 Å². The van der Waals surface area contributed by atoms with Crippen LogP contribution >= 0.6 is 0 Å². The molecule has 0 bridgehead atoms. The second-order valence-electron chi connectivity index (χ2n) is 6.50. The van der Waals surface area contributed by atoms with E-state index in [-0.39, 0.29) is 17.8 Å². The van der Waals surface area contributed by atoms with E-state index in [0.29, 0.717) is 11.4 Å². The third-order valence-corrected chi connectivity index (χ3v) is 5.07. The molecule has 3 atom stereocenters. The molecule has 1 aromatic rings. The van der Waals surface area contributed by atoms with Crippen LogP contribution in [-0.4, -0.2) is 12.2 Å². The molecule has 0 radical (unpaired) electrons. The molecular weight excluding hydrogens is 300 g/mol. The van der Waals surface area contributed by atoms with Gasteiger partial charge in [-0.05, 0) is 48.1 Å². The monoisotopic (exact) mass is 328 g/mol. The summed E-state index contributed by atoms with van der Waals surface area (Å²) < 4.78 is 0. The number of carbonyl (C=O) groups excluding carboxylic acids is 2. The summed E-state index contributed by atoms with van der Waals surface area (Å²) in [6.07, 6.45) is 6.13. The number of nitrogens with zero attached hydrogens (tertiary/aromatic N) is 2. The van der Waals surface area contributed by atoms with Gasteiger partial charge in [-0.3, -0.25) is 0 Å². The first-order valence-electron chi connectivity index (χ1n) is 8.82. The van der Waals surface area contributed by atoms with Crippen LogP contribution in [0.4, 0.5) is 11.4 Å². The van der Waals surface area contributed by atoms with E-state index in [1.807, 2.05) is 0 Å². The minimum Gasteiger partial charge on any atom is -0.211 e. The molecule has 0 heterocycles. The van der Waals surface area contributed by atoms with Crippen molar-refractivity contribution in [1.29, 1.82) is 0 Å². The zero-order chi connectivity index (χ0) is 18.3. The summed E-state index contributed by atoms with van der Waals surface area (Å²) in [5, 5.41) is 0. The molecule has 0 aliphatic heterocycles. The minimum absolute atomic E-state index is 0.135. The Hall–Kier alpha value is -2.02. The van der Waals surface area contributed by atoms with Crippen LogP contribution in [0.3, 0.4) is 0 Å². The molecule has 0 aliphatic carbocycles. The van der Waals surface area contributed by atoms with Gasteiger partial charge in [0.25, 0.3) is 0 Å². The maximum Gasteiger partial charge on any atom is 0.240 e. The Bertz CT molecular complexity index is 618. The van der Waals surface area contributed by atoms with Gasteiger partial charge in [0.15, 0.2) is 0 Å². The van der Waals surface area contributed by atoms with Crippen molar-refractivity contribution in [3.63, 3.8) is 0 Å². The van der Waals surface area contributed by atoms with Crippen molar-refractivity contribution in [3.05, 3.63) is 22.8 Å². The molecule has 0 amide bonds. The summed E-state index contributed by atoms with van der Waals surface area (Å²) >= 11 is 0. The lowest BCUT2D eigenvalue weighted by Crippen LogP contribution is -2.05. The maximum absolute atomic E-state index is 11.0. The standard InChI is InChI=1S/C20H28N2O2/c1-7-13(4)16-10-17(14(5)8-2)20(22-12-24)18(15(6)9-3)19(16)21-11-23/h10,13-15H,7-9H2,1-6H3. The predicted octanol–water partition coefficient (Wildman–Crippen LogP) is 6.16. The quantitative estimate of drug-likeness (QED) is 0.423. The number of aliphatic imine (C=N–C) groups is 2. The minimum atomic E-state index is 0.135. The molecule has 0 fully saturated rings. The number of rotatable bonds is 8. The van der Waals surface area contributed by atoms with Crippen LogP contribution in [0.15, 0.2) is 16.1 Å². The Morgan fingerprint density at radius 3 is 1.46 bits per heavy atom. The van der Waals surface area contributed by atoms with Gasteiger partial charge in [0.2, 0.25) is 12.2 Å². The molecule has 0 saturated carbocycles. The van der Waals surface area contributed by atoms with E-state index in [1.165, 1.54) is 0 Å². The Morgan fingerprint density at radius 1 is 0.792 bits per heavy atom. The van der Waals surface area contributed by atoms with Crippen molar-refractivity contribution in [1.82, 2.24) is 0 Å². The molecule has 0 aromatic heterocycles.